The zero-order chi connectivity index (χ0) is 14.8. The summed E-state index contributed by atoms with van der Waals surface area (Å²) in [6.45, 7) is 2.41. The van der Waals surface area contributed by atoms with Gasteiger partial charge in [0.1, 0.15) is 10.7 Å². The summed E-state index contributed by atoms with van der Waals surface area (Å²) in [4.78, 5) is 12.8. The van der Waals surface area contributed by atoms with Crippen LogP contribution >= 0.6 is 15.9 Å². The van der Waals surface area contributed by atoms with E-state index in [1.807, 2.05) is 6.92 Å². The highest BCUT2D eigenvalue weighted by molar-refractivity contribution is 9.10. The molecule has 0 spiro atoms. The third kappa shape index (κ3) is 3.74. The van der Waals surface area contributed by atoms with E-state index < -0.39 is 26.6 Å². The molecule has 0 aliphatic rings. The lowest BCUT2D eigenvalue weighted by atomic mass is 10.2. The average Bonchev–Trinajstić information content (AvgIpc) is 2.26. The summed E-state index contributed by atoms with van der Waals surface area (Å²) in [6.07, 6.45) is 0.753. The number of primary sulfonamides is 1. The van der Waals surface area contributed by atoms with E-state index in [9.17, 15) is 17.6 Å². The summed E-state index contributed by atoms with van der Waals surface area (Å²) < 4.78 is 36.2. The van der Waals surface area contributed by atoms with Crippen LogP contribution in [0.15, 0.2) is 21.5 Å². The van der Waals surface area contributed by atoms with Crippen LogP contribution in [0.2, 0.25) is 0 Å². The molecule has 0 bridgehead atoms. The Morgan fingerprint density at radius 1 is 1.47 bits per heavy atom. The molecule has 8 heteroatoms. The van der Waals surface area contributed by atoms with E-state index in [4.69, 9.17) is 5.14 Å². The molecule has 106 valence electrons. The van der Waals surface area contributed by atoms with Crippen LogP contribution in [-0.2, 0) is 10.0 Å². The highest BCUT2D eigenvalue weighted by Gasteiger charge is 2.22. The molecule has 1 rings (SSSR count). The van der Waals surface area contributed by atoms with Crippen molar-refractivity contribution in [2.24, 2.45) is 5.14 Å². The molecule has 0 atom stereocenters. The van der Waals surface area contributed by atoms with Gasteiger partial charge in [0.2, 0.25) is 10.0 Å². The molecule has 0 unspecified atom stereocenters. The van der Waals surface area contributed by atoms with Crippen LogP contribution < -0.4 is 5.14 Å². The minimum atomic E-state index is -4.21. The number of carbonyl (C=O) groups excluding carboxylic acids is 1. The number of hydrogen-bond acceptors (Lipinski definition) is 3. The predicted molar refractivity (Wildman–Crippen MR) is 72.7 cm³/mol. The van der Waals surface area contributed by atoms with E-state index in [2.05, 4.69) is 15.9 Å². The Kier molecular flexibility index (Phi) is 5.05. The quantitative estimate of drug-likeness (QED) is 0.895. The molecule has 0 fully saturated rings. The second-order valence-corrected chi connectivity index (χ2v) is 6.42. The maximum Gasteiger partial charge on any atom is 0.254 e. The van der Waals surface area contributed by atoms with Gasteiger partial charge in [-0.05, 0) is 34.5 Å². The van der Waals surface area contributed by atoms with Gasteiger partial charge in [0, 0.05) is 18.1 Å². The van der Waals surface area contributed by atoms with Crippen molar-refractivity contribution in [3.05, 3.63) is 28.0 Å². The molecule has 5 nitrogen and oxygen atoms in total. The molecule has 0 saturated heterocycles. The topological polar surface area (TPSA) is 80.5 Å². The zero-order valence-electron chi connectivity index (χ0n) is 10.5. The van der Waals surface area contributed by atoms with Gasteiger partial charge in [0.15, 0.2) is 0 Å². The van der Waals surface area contributed by atoms with Gasteiger partial charge in [-0.1, -0.05) is 6.92 Å². The van der Waals surface area contributed by atoms with Gasteiger partial charge < -0.3 is 4.90 Å². The minimum absolute atomic E-state index is 0.0568. The molecule has 1 amide bonds. The Bertz CT molecular complexity index is 604. The third-order valence-electron chi connectivity index (χ3n) is 2.46. The van der Waals surface area contributed by atoms with Crippen LogP contribution in [0.3, 0.4) is 0 Å². The Balaban J connectivity index is 3.34. The SMILES string of the molecule is CCCN(C)C(=O)c1cc(S(N)(=O)=O)c(F)cc1Br. The number of halogens is 2. The summed E-state index contributed by atoms with van der Waals surface area (Å²) in [6, 6.07) is 1.87. The Morgan fingerprint density at radius 3 is 2.53 bits per heavy atom. The van der Waals surface area contributed by atoms with E-state index in [1.54, 1.807) is 7.05 Å². The summed E-state index contributed by atoms with van der Waals surface area (Å²) >= 11 is 3.04. The van der Waals surface area contributed by atoms with Crippen molar-refractivity contribution in [3.8, 4) is 0 Å². The van der Waals surface area contributed by atoms with Crippen LogP contribution in [-0.4, -0.2) is 32.8 Å². The number of sulfonamides is 1. The van der Waals surface area contributed by atoms with Crippen molar-refractivity contribution in [3.63, 3.8) is 0 Å². The lowest BCUT2D eigenvalue weighted by Gasteiger charge is -2.17. The van der Waals surface area contributed by atoms with Gasteiger partial charge in [-0.25, -0.2) is 17.9 Å². The summed E-state index contributed by atoms with van der Waals surface area (Å²) in [5.41, 5.74) is 0.0568. The standard InChI is InChI=1S/C11H14BrFN2O3S/c1-3-4-15(2)11(16)7-5-10(19(14,17)18)9(13)6-8(7)12/h5-6H,3-4H2,1-2H3,(H2,14,17,18). The van der Waals surface area contributed by atoms with Crippen LogP contribution in [0.5, 0.6) is 0 Å². The zero-order valence-corrected chi connectivity index (χ0v) is 12.9. The maximum atomic E-state index is 13.5. The van der Waals surface area contributed by atoms with Gasteiger partial charge >= 0.3 is 0 Å². The Hall–Kier alpha value is -0.990. The lowest BCUT2D eigenvalue weighted by Crippen LogP contribution is -2.28. The van der Waals surface area contributed by atoms with Crippen molar-refractivity contribution in [1.82, 2.24) is 4.90 Å². The maximum absolute atomic E-state index is 13.5. The molecule has 0 aliphatic carbocycles. The van der Waals surface area contributed by atoms with Gasteiger partial charge in [0.05, 0.1) is 5.56 Å². The first-order valence-corrected chi connectivity index (χ1v) is 7.79. The van der Waals surface area contributed by atoms with Crippen LogP contribution in [0.4, 0.5) is 4.39 Å². The van der Waals surface area contributed by atoms with Crippen molar-refractivity contribution in [2.45, 2.75) is 18.2 Å². The first-order chi connectivity index (χ1) is 8.68. The second-order valence-electron chi connectivity index (χ2n) is 4.03. The molecule has 1 aromatic carbocycles. The summed E-state index contributed by atoms with van der Waals surface area (Å²) in [5.74, 6) is -1.40. The highest BCUT2D eigenvalue weighted by atomic mass is 79.9. The smallest absolute Gasteiger partial charge is 0.254 e. The van der Waals surface area contributed by atoms with Crippen LogP contribution in [0.25, 0.3) is 0 Å². The summed E-state index contributed by atoms with van der Waals surface area (Å²) in [7, 11) is -2.63. The number of hydrogen-bond donors (Lipinski definition) is 1. The Labute approximate surface area is 119 Å². The molecule has 0 aliphatic heterocycles. The van der Waals surface area contributed by atoms with E-state index >= 15 is 0 Å². The fourth-order valence-electron chi connectivity index (χ4n) is 1.55. The van der Waals surface area contributed by atoms with Gasteiger partial charge in [-0.15, -0.1) is 0 Å². The van der Waals surface area contributed by atoms with Gasteiger partial charge in [-0.3, -0.25) is 4.79 Å². The van der Waals surface area contributed by atoms with Crippen LogP contribution in [0, 0.1) is 5.82 Å². The summed E-state index contributed by atoms with van der Waals surface area (Å²) in [5, 5.41) is 4.90. The first kappa shape index (κ1) is 16.1. The monoisotopic (exact) mass is 352 g/mol. The predicted octanol–water partition coefficient (Wildman–Crippen LogP) is 1.72. The van der Waals surface area contributed by atoms with Crippen molar-refractivity contribution >= 4 is 31.9 Å². The minimum Gasteiger partial charge on any atom is -0.342 e. The largest absolute Gasteiger partial charge is 0.342 e. The normalized spacial score (nSPS) is 11.4. The fraction of sp³-hybridized carbons (Fsp3) is 0.364. The van der Waals surface area contributed by atoms with E-state index in [1.165, 1.54) is 4.90 Å². The van der Waals surface area contributed by atoms with E-state index in [-0.39, 0.29) is 10.0 Å². The Morgan fingerprint density at radius 2 is 2.05 bits per heavy atom. The first-order valence-electron chi connectivity index (χ1n) is 5.45. The number of rotatable bonds is 4. The number of carbonyl (C=O) groups is 1. The number of amides is 1. The molecule has 1 aromatic rings. The number of nitrogens with two attached hydrogens (primary N) is 1. The molecule has 19 heavy (non-hydrogen) atoms. The number of benzene rings is 1. The van der Waals surface area contributed by atoms with Gasteiger partial charge in [-0.2, -0.15) is 0 Å². The molecule has 0 radical (unpaired) electrons. The lowest BCUT2D eigenvalue weighted by molar-refractivity contribution is 0.0794. The van der Waals surface area contributed by atoms with E-state index in [0.29, 0.717) is 6.54 Å². The van der Waals surface area contributed by atoms with Crippen LogP contribution in [0.1, 0.15) is 23.7 Å². The van der Waals surface area contributed by atoms with Gasteiger partial charge in [0.25, 0.3) is 5.91 Å². The average molecular weight is 353 g/mol. The molecule has 2 N–H and O–H groups in total. The number of nitrogens with zero attached hydrogens (tertiary/aromatic N) is 1. The molecular formula is C11H14BrFN2O3S. The van der Waals surface area contributed by atoms with Crippen molar-refractivity contribution < 1.29 is 17.6 Å². The molecule has 0 aromatic heterocycles. The van der Waals surface area contributed by atoms with E-state index in [0.717, 1.165) is 18.6 Å². The molecule has 0 heterocycles. The second kappa shape index (κ2) is 5.98. The third-order valence-corrected chi connectivity index (χ3v) is 4.05. The molecule has 0 saturated carbocycles. The molecular weight excluding hydrogens is 339 g/mol. The van der Waals surface area contributed by atoms with Crippen molar-refractivity contribution in [1.29, 1.82) is 0 Å². The van der Waals surface area contributed by atoms with Crippen molar-refractivity contribution in [2.75, 3.05) is 13.6 Å². The highest BCUT2D eigenvalue weighted by Crippen LogP contribution is 2.24. The fourth-order valence-corrected chi connectivity index (χ4v) is 2.65.